The van der Waals surface area contributed by atoms with Gasteiger partial charge in [0.25, 0.3) is 5.69 Å². The van der Waals surface area contributed by atoms with Crippen molar-refractivity contribution in [3.8, 4) is 0 Å². The lowest BCUT2D eigenvalue weighted by Crippen LogP contribution is -2.08. The largest absolute Gasteiger partial charge is 0.477 e. The van der Waals surface area contributed by atoms with Crippen molar-refractivity contribution in [2.45, 2.75) is 20.4 Å². The molecule has 1 aromatic carbocycles. The Balaban J connectivity index is 0.00000121. The third-order valence-corrected chi connectivity index (χ3v) is 1.87. The van der Waals surface area contributed by atoms with Crippen LogP contribution in [0.15, 0.2) is 18.2 Å². The van der Waals surface area contributed by atoms with Crippen LogP contribution in [0.1, 0.15) is 29.8 Å². The minimum Gasteiger partial charge on any atom is -0.477 e. The molecule has 0 spiro atoms. The van der Waals surface area contributed by atoms with Gasteiger partial charge >= 0.3 is 5.97 Å². The summed E-state index contributed by atoms with van der Waals surface area (Å²) >= 11 is 0. The van der Waals surface area contributed by atoms with Gasteiger partial charge in [0.2, 0.25) is 0 Å². The van der Waals surface area contributed by atoms with E-state index < -0.39 is 10.9 Å². The SMILES string of the molecule is CC.CNCc1ccc([N+](=O)[O-])c(C(=O)O)c1. The van der Waals surface area contributed by atoms with Crippen molar-refractivity contribution < 1.29 is 14.8 Å². The first kappa shape index (κ1) is 15.0. The molecule has 0 fully saturated rings. The van der Waals surface area contributed by atoms with Crippen LogP contribution in [-0.4, -0.2) is 23.0 Å². The van der Waals surface area contributed by atoms with Crippen molar-refractivity contribution in [1.29, 1.82) is 0 Å². The Morgan fingerprint density at radius 2 is 2.06 bits per heavy atom. The topological polar surface area (TPSA) is 92.5 Å². The summed E-state index contributed by atoms with van der Waals surface area (Å²) in [4.78, 5) is 20.6. The Morgan fingerprint density at radius 3 is 2.47 bits per heavy atom. The molecule has 0 heterocycles. The number of hydrogen-bond donors (Lipinski definition) is 2. The summed E-state index contributed by atoms with van der Waals surface area (Å²) in [6.45, 7) is 4.47. The summed E-state index contributed by atoms with van der Waals surface area (Å²) < 4.78 is 0. The number of nitrogens with zero attached hydrogens (tertiary/aromatic N) is 1. The predicted molar refractivity (Wildman–Crippen MR) is 64.2 cm³/mol. The summed E-state index contributed by atoms with van der Waals surface area (Å²) in [6.07, 6.45) is 0. The average Bonchev–Trinajstić information content (AvgIpc) is 2.31. The van der Waals surface area contributed by atoms with E-state index in [-0.39, 0.29) is 11.3 Å². The zero-order valence-electron chi connectivity index (χ0n) is 10.1. The maximum absolute atomic E-state index is 10.8. The smallest absolute Gasteiger partial charge is 0.342 e. The van der Waals surface area contributed by atoms with Gasteiger partial charge in [-0.25, -0.2) is 4.79 Å². The van der Waals surface area contributed by atoms with Crippen molar-refractivity contribution in [2.75, 3.05) is 7.05 Å². The zero-order chi connectivity index (χ0) is 13.4. The molecule has 0 saturated heterocycles. The number of carbonyl (C=O) groups is 1. The molecule has 0 amide bonds. The van der Waals surface area contributed by atoms with E-state index in [1.54, 1.807) is 7.05 Å². The molecule has 6 heteroatoms. The maximum Gasteiger partial charge on any atom is 0.342 e. The average molecular weight is 240 g/mol. The lowest BCUT2D eigenvalue weighted by molar-refractivity contribution is -0.385. The molecule has 0 aliphatic rings. The Labute approximate surface area is 99.4 Å². The molecule has 0 bridgehead atoms. The Hall–Kier alpha value is -1.95. The summed E-state index contributed by atoms with van der Waals surface area (Å²) in [5.41, 5.74) is 0.0237. The van der Waals surface area contributed by atoms with E-state index in [1.165, 1.54) is 18.2 Å². The van der Waals surface area contributed by atoms with Crippen molar-refractivity contribution in [2.24, 2.45) is 0 Å². The number of carboxylic acid groups (broad SMARTS) is 1. The summed E-state index contributed by atoms with van der Waals surface area (Å²) in [6, 6.07) is 4.04. The molecule has 0 saturated carbocycles. The Morgan fingerprint density at radius 1 is 1.47 bits per heavy atom. The third-order valence-electron chi connectivity index (χ3n) is 1.87. The van der Waals surface area contributed by atoms with Gasteiger partial charge in [-0.3, -0.25) is 10.1 Å². The minimum atomic E-state index is -1.29. The molecular formula is C11H16N2O4. The summed E-state index contributed by atoms with van der Waals surface area (Å²) in [5, 5.41) is 22.1. The molecule has 17 heavy (non-hydrogen) atoms. The zero-order valence-corrected chi connectivity index (χ0v) is 10.1. The Kier molecular flexibility index (Phi) is 6.50. The fraction of sp³-hybridized carbons (Fsp3) is 0.364. The first-order valence-electron chi connectivity index (χ1n) is 5.21. The van der Waals surface area contributed by atoms with E-state index >= 15 is 0 Å². The second-order valence-corrected chi connectivity index (χ2v) is 2.94. The van der Waals surface area contributed by atoms with E-state index in [1.807, 2.05) is 13.8 Å². The van der Waals surface area contributed by atoms with Crippen LogP contribution in [0.25, 0.3) is 0 Å². The summed E-state index contributed by atoms with van der Waals surface area (Å²) in [5.74, 6) is -1.29. The van der Waals surface area contributed by atoms with Gasteiger partial charge in [0.15, 0.2) is 0 Å². The van der Waals surface area contributed by atoms with Crippen molar-refractivity contribution in [1.82, 2.24) is 5.32 Å². The van der Waals surface area contributed by atoms with Gasteiger partial charge in [-0.2, -0.15) is 0 Å². The van der Waals surface area contributed by atoms with Gasteiger partial charge in [0.1, 0.15) is 5.56 Å². The van der Waals surface area contributed by atoms with Gasteiger partial charge in [-0.15, -0.1) is 0 Å². The lowest BCUT2D eigenvalue weighted by atomic mass is 10.1. The molecule has 94 valence electrons. The monoisotopic (exact) mass is 240 g/mol. The molecule has 0 unspecified atom stereocenters. The highest BCUT2D eigenvalue weighted by atomic mass is 16.6. The van der Waals surface area contributed by atoms with Crippen LogP contribution in [0.2, 0.25) is 0 Å². The van der Waals surface area contributed by atoms with Crippen molar-refractivity contribution in [3.05, 3.63) is 39.4 Å². The van der Waals surface area contributed by atoms with E-state index in [0.29, 0.717) is 12.1 Å². The van der Waals surface area contributed by atoms with Crippen LogP contribution >= 0.6 is 0 Å². The standard InChI is InChI=1S/C9H10N2O4.C2H6/c1-10-5-6-2-3-8(11(14)15)7(4-6)9(12)13;1-2/h2-4,10H,5H2,1H3,(H,12,13);1-2H3. The molecule has 1 aromatic rings. The lowest BCUT2D eigenvalue weighted by Gasteiger charge is -2.02. The molecule has 0 radical (unpaired) electrons. The number of rotatable bonds is 4. The van der Waals surface area contributed by atoms with Crippen molar-refractivity contribution >= 4 is 11.7 Å². The molecule has 2 N–H and O–H groups in total. The van der Waals surface area contributed by atoms with E-state index in [0.717, 1.165) is 0 Å². The van der Waals surface area contributed by atoms with Gasteiger partial charge in [-0.1, -0.05) is 19.9 Å². The second kappa shape index (κ2) is 7.34. The van der Waals surface area contributed by atoms with Crippen LogP contribution in [-0.2, 0) is 6.54 Å². The molecule has 0 aliphatic carbocycles. The fourth-order valence-electron chi connectivity index (χ4n) is 1.23. The number of aromatic carboxylic acids is 1. The minimum absolute atomic E-state index is 0.284. The molecule has 1 rings (SSSR count). The van der Waals surface area contributed by atoms with Crippen LogP contribution < -0.4 is 5.32 Å². The number of nitro groups is 1. The molecular weight excluding hydrogens is 224 g/mol. The first-order valence-corrected chi connectivity index (χ1v) is 5.21. The number of nitrogens with one attached hydrogen (secondary N) is 1. The highest BCUT2D eigenvalue weighted by molar-refractivity contribution is 5.92. The molecule has 0 aliphatic heterocycles. The molecule has 6 nitrogen and oxygen atoms in total. The number of hydrogen-bond acceptors (Lipinski definition) is 4. The van der Waals surface area contributed by atoms with E-state index in [4.69, 9.17) is 5.11 Å². The van der Waals surface area contributed by atoms with Gasteiger partial charge < -0.3 is 10.4 Å². The second-order valence-electron chi connectivity index (χ2n) is 2.94. The van der Waals surface area contributed by atoms with E-state index in [2.05, 4.69) is 5.32 Å². The van der Waals surface area contributed by atoms with Crippen LogP contribution in [0.4, 0.5) is 5.69 Å². The predicted octanol–water partition coefficient (Wildman–Crippen LogP) is 2.04. The van der Waals surface area contributed by atoms with E-state index in [9.17, 15) is 14.9 Å². The third kappa shape index (κ3) is 4.20. The number of benzene rings is 1. The normalized spacial score (nSPS) is 9.12. The number of nitro benzene ring substituents is 1. The van der Waals surface area contributed by atoms with Gasteiger partial charge in [-0.05, 0) is 18.7 Å². The van der Waals surface area contributed by atoms with Gasteiger partial charge in [0.05, 0.1) is 4.92 Å². The Bertz CT molecular complexity index is 404. The maximum atomic E-state index is 10.8. The summed E-state index contributed by atoms with van der Waals surface area (Å²) in [7, 11) is 1.71. The highest BCUT2D eigenvalue weighted by Crippen LogP contribution is 2.19. The number of carboxylic acids is 1. The van der Waals surface area contributed by atoms with Crippen LogP contribution in [0.3, 0.4) is 0 Å². The molecule has 0 atom stereocenters. The van der Waals surface area contributed by atoms with Crippen LogP contribution in [0.5, 0.6) is 0 Å². The quantitative estimate of drug-likeness (QED) is 0.620. The van der Waals surface area contributed by atoms with Crippen molar-refractivity contribution in [3.63, 3.8) is 0 Å². The van der Waals surface area contributed by atoms with Gasteiger partial charge in [0, 0.05) is 12.6 Å². The fourth-order valence-corrected chi connectivity index (χ4v) is 1.23. The first-order chi connectivity index (χ1) is 8.06. The molecule has 0 aromatic heterocycles. The highest BCUT2D eigenvalue weighted by Gasteiger charge is 2.19. The van der Waals surface area contributed by atoms with Crippen LogP contribution in [0, 0.1) is 10.1 Å².